The molecule has 1 atom stereocenters. The van der Waals surface area contributed by atoms with Crippen LogP contribution in [0.2, 0.25) is 0 Å². The van der Waals surface area contributed by atoms with Crippen molar-refractivity contribution < 1.29 is 4.79 Å². The van der Waals surface area contributed by atoms with Gasteiger partial charge in [0.1, 0.15) is 11.4 Å². The van der Waals surface area contributed by atoms with Gasteiger partial charge in [-0.25, -0.2) is 9.97 Å². The summed E-state index contributed by atoms with van der Waals surface area (Å²) in [4.78, 5) is 21.0. The van der Waals surface area contributed by atoms with Crippen molar-refractivity contribution >= 4 is 23.4 Å². The predicted octanol–water partition coefficient (Wildman–Crippen LogP) is 4.57. The van der Waals surface area contributed by atoms with E-state index >= 15 is 0 Å². The number of anilines is 1. The molecule has 3 aromatic rings. The summed E-state index contributed by atoms with van der Waals surface area (Å²) in [5.74, 6) is -0.0475. The van der Waals surface area contributed by atoms with Gasteiger partial charge < -0.3 is 5.32 Å². The molecule has 3 rings (SSSR count). The van der Waals surface area contributed by atoms with Crippen LogP contribution < -0.4 is 5.32 Å². The zero-order chi connectivity index (χ0) is 17.6. The third-order valence-electron chi connectivity index (χ3n) is 3.70. The van der Waals surface area contributed by atoms with Crippen LogP contribution in [0.3, 0.4) is 0 Å². The van der Waals surface area contributed by atoms with Crippen molar-refractivity contribution in [2.24, 2.45) is 0 Å². The fraction of sp³-hybridized carbons (Fsp3) is 0.150. The maximum atomic E-state index is 12.4. The number of hydrogen-bond acceptors (Lipinski definition) is 4. The normalized spacial score (nSPS) is 11.8. The highest BCUT2D eigenvalue weighted by Crippen LogP contribution is 2.25. The highest BCUT2D eigenvalue weighted by atomic mass is 32.2. The summed E-state index contributed by atoms with van der Waals surface area (Å²) >= 11 is 1.42. The van der Waals surface area contributed by atoms with E-state index in [0.717, 1.165) is 27.5 Å². The summed E-state index contributed by atoms with van der Waals surface area (Å²) in [6.45, 7) is 3.89. The standard InChI is InChI=1S/C20H19N3OS/c1-14-8-10-17(11-9-14)23-20(24)15(2)25-19-12-18(21-13-22-19)16-6-4-3-5-7-16/h3-13,15H,1-2H3,(H,23,24). The van der Waals surface area contributed by atoms with Gasteiger partial charge in [0, 0.05) is 11.3 Å². The minimum Gasteiger partial charge on any atom is -0.325 e. The van der Waals surface area contributed by atoms with Crippen molar-refractivity contribution in [3.8, 4) is 11.3 Å². The third kappa shape index (κ3) is 4.67. The average Bonchev–Trinajstić information content (AvgIpc) is 2.64. The summed E-state index contributed by atoms with van der Waals surface area (Å²) in [5.41, 5.74) is 3.85. The lowest BCUT2D eigenvalue weighted by Crippen LogP contribution is -2.22. The molecule has 0 fully saturated rings. The van der Waals surface area contributed by atoms with Gasteiger partial charge in [-0.3, -0.25) is 4.79 Å². The lowest BCUT2D eigenvalue weighted by Gasteiger charge is -2.12. The molecule has 2 aromatic carbocycles. The van der Waals surface area contributed by atoms with Crippen LogP contribution in [0, 0.1) is 6.92 Å². The van der Waals surface area contributed by atoms with E-state index in [1.807, 2.05) is 74.5 Å². The topological polar surface area (TPSA) is 54.9 Å². The van der Waals surface area contributed by atoms with E-state index in [1.165, 1.54) is 18.1 Å². The van der Waals surface area contributed by atoms with Crippen LogP contribution in [0.1, 0.15) is 12.5 Å². The number of rotatable bonds is 5. The van der Waals surface area contributed by atoms with E-state index in [0.29, 0.717) is 0 Å². The van der Waals surface area contributed by atoms with Crippen molar-refractivity contribution in [2.45, 2.75) is 24.1 Å². The van der Waals surface area contributed by atoms with Crippen LogP contribution >= 0.6 is 11.8 Å². The summed E-state index contributed by atoms with van der Waals surface area (Å²) in [5, 5.41) is 3.45. The number of amides is 1. The second-order valence-corrected chi connectivity index (χ2v) is 7.08. The Morgan fingerprint density at radius 2 is 1.76 bits per heavy atom. The van der Waals surface area contributed by atoms with Crippen LogP contribution in [-0.2, 0) is 4.79 Å². The van der Waals surface area contributed by atoms with Crippen LogP contribution in [-0.4, -0.2) is 21.1 Å². The highest BCUT2D eigenvalue weighted by molar-refractivity contribution is 8.00. The molecule has 0 aliphatic heterocycles. The summed E-state index contributed by atoms with van der Waals surface area (Å²) < 4.78 is 0. The fourth-order valence-electron chi connectivity index (χ4n) is 2.29. The summed E-state index contributed by atoms with van der Waals surface area (Å²) in [7, 11) is 0. The Morgan fingerprint density at radius 3 is 2.48 bits per heavy atom. The van der Waals surface area contributed by atoms with Crippen molar-refractivity contribution in [1.82, 2.24) is 9.97 Å². The quantitative estimate of drug-likeness (QED) is 0.541. The van der Waals surface area contributed by atoms with Gasteiger partial charge in [0.25, 0.3) is 0 Å². The largest absolute Gasteiger partial charge is 0.325 e. The first-order valence-corrected chi connectivity index (χ1v) is 8.91. The molecule has 1 amide bonds. The summed E-state index contributed by atoms with van der Waals surface area (Å²) in [6, 6.07) is 19.6. The lowest BCUT2D eigenvalue weighted by atomic mass is 10.1. The van der Waals surface area contributed by atoms with Crippen LogP contribution in [0.15, 0.2) is 72.0 Å². The fourth-order valence-corrected chi connectivity index (χ4v) is 3.10. The second-order valence-electron chi connectivity index (χ2n) is 5.72. The molecule has 0 radical (unpaired) electrons. The van der Waals surface area contributed by atoms with Gasteiger partial charge in [0.05, 0.1) is 10.9 Å². The van der Waals surface area contributed by atoms with Gasteiger partial charge in [0.15, 0.2) is 0 Å². The molecule has 0 spiro atoms. The molecule has 25 heavy (non-hydrogen) atoms. The molecule has 0 aliphatic carbocycles. The van der Waals surface area contributed by atoms with Crippen molar-refractivity contribution in [1.29, 1.82) is 0 Å². The zero-order valence-corrected chi connectivity index (χ0v) is 15.0. The molecule has 0 saturated heterocycles. The van der Waals surface area contributed by atoms with E-state index in [1.54, 1.807) is 0 Å². The predicted molar refractivity (Wildman–Crippen MR) is 103 cm³/mol. The number of carbonyl (C=O) groups excluding carboxylic acids is 1. The molecule has 5 heteroatoms. The molecule has 0 saturated carbocycles. The molecule has 1 N–H and O–H groups in total. The second kappa shape index (κ2) is 7.94. The molecule has 4 nitrogen and oxygen atoms in total. The Hall–Kier alpha value is -2.66. The van der Waals surface area contributed by atoms with Crippen LogP contribution in [0.25, 0.3) is 11.3 Å². The Morgan fingerprint density at radius 1 is 1.04 bits per heavy atom. The Balaban J connectivity index is 1.67. The van der Waals surface area contributed by atoms with Crippen LogP contribution in [0.4, 0.5) is 5.69 Å². The van der Waals surface area contributed by atoms with Gasteiger partial charge in [-0.05, 0) is 32.0 Å². The number of aromatic nitrogens is 2. The molecule has 1 unspecified atom stereocenters. The minimum absolute atomic E-state index is 0.0475. The van der Waals surface area contributed by atoms with Gasteiger partial charge in [-0.1, -0.05) is 59.8 Å². The Labute approximate surface area is 151 Å². The number of carbonyl (C=O) groups is 1. The van der Waals surface area contributed by atoms with Crippen molar-refractivity contribution in [3.05, 3.63) is 72.6 Å². The van der Waals surface area contributed by atoms with Crippen molar-refractivity contribution in [3.63, 3.8) is 0 Å². The van der Waals surface area contributed by atoms with E-state index in [9.17, 15) is 4.79 Å². The monoisotopic (exact) mass is 349 g/mol. The molecule has 1 aromatic heterocycles. The third-order valence-corrected chi connectivity index (χ3v) is 4.73. The first kappa shape index (κ1) is 17.2. The van der Waals surface area contributed by atoms with Gasteiger partial charge in [0.2, 0.25) is 5.91 Å². The number of hydrogen-bond donors (Lipinski definition) is 1. The number of nitrogens with zero attached hydrogens (tertiary/aromatic N) is 2. The Kier molecular flexibility index (Phi) is 5.46. The summed E-state index contributed by atoms with van der Waals surface area (Å²) in [6.07, 6.45) is 1.54. The SMILES string of the molecule is Cc1ccc(NC(=O)C(C)Sc2cc(-c3ccccc3)ncn2)cc1. The Bertz CT molecular complexity index is 850. The lowest BCUT2D eigenvalue weighted by molar-refractivity contribution is -0.115. The molecular weight excluding hydrogens is 330 g/mol. The van der Waals surface area contributed by atoms with E-state index in [4.69, 9.17) is 0 Å². The van der Waals surface area contributed by atoms with Crippen molar-refractivity contribution in [2.75, 3.05) is 5.32 Å². The number of benzene rings is 2. The van der Waals surface area contributed by atoms with Gasteiger partial charge in [-0.15, -0.1) is 0 Å². The maximum Gasteiger partial charge on any atom is 0.237 e. The number of thioether (sulfide) groups is 1. The minimum atomic E-state index is -0.264. The molecule has 0 bridgehead atoms. The van der Waals surface area contributed by atoms with E-state index in [-0.39, 0.29) is 11.2 Å². The number of aryl methyl sites for hydroxylation is 1. The molecular formula is C20H19N3OS. The average molecular weight is 349 g/mol. The van der Waals surface area contributed by atoms with Gasteiger partial charge in [-0.2, -0.15) is 0 Å². The van der Waals surface area contributed by atoms with E-state index in [2.05, 4.69) is 15.3 Å². The maximum absolute atomic E-state index is 12.4. The molecule has 126 valence electrons. The smallest absolute Gasteiger partial charge is 0.237 e. The van der Waals surface area contributed by atoms with Crippen LogP contribution in [0.5, 0.6) is 0 Å². The zero-order valence-electron chi connectivity index (χ0n) is 14.1. The first-order chi connectivity index (χ1) is 12.1. The number of nitrogens with one attached hydrogen (secondary N) is 1. The van der Waals surface area contributed by atoms with Gasteiger partial charge >= 0.3 is 0 Å². The first-order valence-electron chi connectivity index (χ1n) is 8.03. The highest BCUT2D eigenvalue weighted by Gasteiger charge is 2.16. The van der Waals surface area contributed by atoms with E-state index < -0.39 is 0 Å². The molecule has 1 heterocycles. The molecule has 0 aliphatic rings.